The van der Waals surface area contributed by atoms with Crippen LogP contribution in [-0.4, -0.2) is 19.1 Å². The number of carboxylic acids is 1. The van der Waals surface area contributed by atoms with Crippen LogP contribution in [0.3, 0.4) is 0 Å². The fourth-order valence-corrected chi connectivity index (χ4v) is 0.352. The van der Waals surface area contributed by atoms with E-state index >= 15 is 0 Å². The first kappa shape index (κ1) is 11.3. The number of carboxylic acid groups (broad SMARTS) is 1. The minimum absolute atomic E-state index is 0. The Balaban J connectivity index is 0. The number of aliphatic carboxylic acids is 1. The van der Waals surface area contributed by atoms with E-state index in [9.17, 15) is 9.90 Å². The van der Waals surface area contributed by atoms with Gasteiger partial charge in [0.2, 0.25) is 0 Å². The molecule has 0 radical (unpaired) electrons. The van der Waals surface area contributed by atoms with E-state index in [2.05, 4.69) is 5.32 Å². The molecule has 0 rings (SSSR count). The molecule has 1 N–H and O–H groups in total. The highest BCUT2D eigenvalue weighted by Crippen LogP contribution is 1.84. The molecule has 1 atom stereocenters. The summed E-state index contributed by atoms with van der Waals surface area (Å²) < 4.78 is 0. The number of carbonyl (C=O) groups excluding carboxylic acids is 1. The summed E-state index contributed by atoms with van der Waals surface area (Å²) >= 11 is 0. The van der Waals surface area contributed by atoms with E-state index in [1.165, 1.54) is 0 Å². The quantitative estimate of drug-likeness (QED) is 0.556. The second-order valence-electron chi connectivity index (χ2n) is 1.77. The SMILES string of the molecule is C.CNC(C)CC(=O)[O-]. The van der Waals surface area contributed by atoms with E-state index in [-0.39, 0.29) is 19.9 Å². The largest absolute Gasteiger partial charge is 0.550 e. The highest BCUT2D eigenvalue weighted by Gasteiger charge is 1.94. The lowest BCUT2D eigenvalue weighted by molar-refractivity contribution is -0.306. The van der Waals surface area contributed by atoms with Gasteiger partial charge >= 0.3 is 0 Å². The number of carbonyl (C=O) groups is 1. The van der Waals surface area contributed by atoms with Crippen molar-refractivity contribution in [1.82, 2.24) is 5.32 Å². The van der Waals surface area contributed by atoms with Crippen LogP contribution in [0.2, 0.25) is 0 Å². The summed E-state index contributed by atoms with van der Waals surface area (Å²) in [7, 11) is 1.72. The van der Waals surface area contributed by atoms with Gasteiger partial charge in [-0.15, -0.1) is 0 Å². The normalized spacial score (nSPS) is 11.8. The van der Waals surface area contributed by atoms with Gasteiger partial charge in [0.05, 0.1) is 0 Å². The van der Waals surface area contributed by atoms with Crippen molar-refractivity contribution in [2.75, 3.05) is 7.05 Å². The zero-order valence-electron chi connectivity index (χ0n) is 5.10. The monoisotopic (exact) mass is 132 g/mol. The molecule has 0 aliphatic rings. The first-order valence-corrected chi connectivity index (χ1v) is 2.54. The number of rotatable bonds is 3. The van der Waals surface area contributed by atoms with Gasteiger partial charge in [-0.25, -0.2) is 0 Å². The molecule has 0 saturated carbocycles. The summed E-state index contributed by atoms with van der Waals surface area (Å²) in [5, 5.41) is 12.6. The molecule has 3 nitrogen and oxygen atoms in total. The zero-order valence-corrected chi connectivity index (χ0v) is 5.10. The molecule has 0 amide bonds. The molecule has 56 valence electrons. The summed E-state index contributed by atoms with van der Waals surface area (Å²) in [5.74, 6) is -1.01. The third kappa shape index (κ3) is 7.43. The molecule has 0 aliphatic heterocycles. The Morgan fingerprint density at radius 2 is 2.22 bits per heavy atom. The fourth-order valence-electron chi connectivity index (χ4n) is 0.352. The zero-order chi connectivity index (χ0) is 6.57. The molecule has 0 aromatic rings. The lowest BCUT2D eigenvalue weighted by atomic mass is 10.2. The van der Waals surface area contributed by atoms with Crippen molar-refractivity contribution < 1.29 is 9.90 Å². The van der Waals surface area contributed by atoms with Crippen LogP contribution in [0.1, 0.15) is 20.8 Å². The van der Waals surface area contributed by atoms with Crippen molar-refractivity contribution in [3.05, 3.63) is 0 Å². The van der Waals surface area contributed by atoms with Crippen LogP contribution in [0.4, 0.5) is 0 Å². The Morgan fingerprint density at radius 3 is 2.33 bits per heavy atom. The van der Waals surface area contributed by atoms with Crippen LogP contribution in [0, 0.1) is 0 Å². The topological polar surface area (TPSA) is 52.2 Å². The third-order valence-electron chi connectivity index (χ3n) is 0.966. The molecule has 0 fully saturated rings. The average molecular weight is 132 g/mol. The van der Waals surface area contributed by atoms with E-state index in [4.69, 9.17) is 0 Å². The molecule has 0 aliphatic carbocycles. The highest BCUT2D eigenvalue weighted by atomic mass is 16.4. The third-order valence-corrected chi connectivity index (χ3v) is 0.966. The minimum atomic E-state index is -1.01. The van der Waals surface area contributed by atoms with Crippen molar-refractivity contribution in [2.24, 2.45) is 0 Å². The molecule has 0 bridgehead atoms. The summed E-state index contributed by atoms with van der Waals surface area (Å²) in [6.45, 7) is 1.79. The molecular formula is C6H14NO2-. The molecule has 0 aromatic heterocycles. The minimum Gasteiger partial charge on any atom is -0.550 e. The molecule has 9 heavy (non-hydrogen) atoms. The van der Waals surface area contributed by atoms with Gasteiger partial charge in [0.1, 0.15) is 0 Å². The van der Waals surface area contributed by atoms with Gasteiger partial charge in [-0.2, -0.15) is 0 Å². The summed E-state index contributed by atoms with van der Waals surface area (Å²) in [4.78, 5) is 9.82. The molecule has 0 spiro atoms. The predicted molar refractivity (Wildman–Crippen MR) is 34.9 cm³/mol. The van der Waals surface area contributed by atoms with Gasteiger partial charge in [-0.3, -0.25) is 0 Å². The van der Waals surface area contributed by atoms with Gasteiger partial charge in [0.25, 0.3) is 0 Å². The Morgan fingerprint density at radius 1 is 1.78 bits per heavy atom. The van der Waals surface area contributed by atoms with Gasteiger partial charge < -0.3 is 15.2 Å². The number of nitrogens with one attached hydrogen (secondary N) is 1. The Labute approximate surface area is 56.1 Å². The summed E-state index contributed by atoms with van der Waals surface area (Å²) in [6, 6.07) is 0.0139. The standard InChI is InChI=1S/C5H11NO2.CH4/c1-4(6-2)3-5(7)8;/h4,6H,3H2,1-2H3,(H,7,8);1H4/p-1. The Bertz CT molecular complexity index is 83.1. The van der Waals surface area contributed by atoms with E-state index in [0.717, 1.165) is 0 Å². The Hall–Kier alpha value is -0.570. The molecular weight excluding hydrogens is 118 g/mol. The van der Waals surface area contributed by atoms with E-state index < -0.39 is 5.97 Å². The average Bonchev–Trinajstić information content (AvgIpc) is 1.65. The van der Waals surface area contributed by atoms with E-state index in [1.54, 1.807) is 14.0 Å². The smallest absolute Gasteiger partial charge is 0.0429 e. The van der Waals surface area contributed by atoms with E-state index in [1.807, 2.05) is 0 Å². The maximum atomic E-state index is 9.82. The van der Waals surface area contributed by atoms with Crippen molar-refractivity contribution in [1.29, 1.82) is 0 Å². The lowest BCUT2D eigenvalue weighted by Gasteiger charge is -2.08. The van der Waals surface area contributed by atoms with Gasteiger partial charge in [0, 0.05) is 18.4 Å². The number of hydrogen-bond donors (Lipinski definition) is 1. The van der Waals surface area contributed by atoms with Crippen LogP contribution < -0.4 is 10.4 Å². The maximum absolute atomic E-state index is 9.82. The van der Waals surface area contributed by atoms with E-state index in [0.29, 0.717) is 0 Å². The Kier molecular flexibility index (Phi) is 6.96. The maximum Gasteiger partial charge on any atom is 0.0429 e. The van der Waals surface area contributed by atoms with Crippen LogP contribution >= 0.6 is 0 Å². The fraction of sp³-hybridized carbons (Fsp3) is 0.833. The number of hydrogen-bond acceptors (Lipinski definition) is 3. The highest BCUT2D eigenvalue weighted by molar-refractivity contribution is 5.64. The van der Waals surface area contributed by atoms with Crippen LogP contribution in [0.15, 0.2) is 0 Å². The second-order valence-corrected chi connectivity index (χ2v) is 1.77. The summed E-state index contributed by atoms with van der Waals surface area (Å²) in [5.41, 5.74) is 0. The van der Waals surface area contributed by atoms with Crippen molar-refractivity contribution in [3.8, 4) is 0 Å². The predicted octanol–water partition coefficient (Wildman–Crippen LogP) is -0.630. The van der Waals surface area contributed by atoms with Crippen LogP contribution in [0.5, 0.6) is 0 Å². The molecule has 0 aromatic carbocycles. The summed E-state index contributed by atoms with van der Waals surface area (Å²) in [6.07, 6.45) is 0.0799. The van der Waals surface area contributed by atoms with Gasteiger partial charge in [-0.05, 0) is 14.0 Å². The molecule has 0 heterocycles. The lowest BCUT2D eigenvalue weighted by Crippen LogP contribution is -2.32. The van der Waals surface area contributed by atoms with Gasteiger partial charge in [0.15, 0.2) is 0 Å². The first-order valence-electron chi connectivity index (χ1n) is 2.54. The van der Waals surface area contributed by atoms with Crippen molar-refractivity contribution in [3.63, 3.8) is 0 Å². The second kappa shape index (κ2) is 5.56. The van der Waals surface area contributed by atoms with Crippen molar-refractivity contribution in [2.45, 2.75) is 26.8 Å². The molecule has 0 saturated heterocycles. The van der Waals surface area contributed by atoms with Crippen molar-refractivity contribution >= 4 is 5.97 Å². The van der Waals surface area contributed by atoms with Gasteiger partial charge in [-0.1, -0.05) is 7.43 Å². The van der Waals surface area contributed by atoms with Crippen LogP contribution in [-0.2, 0) is 4.79 Å². The first-order chi connectivity index (χ1) is 3.66. The molecule has 3 heteroatoms. The van der Waals surface area contributed by atoms with Crippen LogP contribution in [0.25, 0.3) is 0 Å². The molecule has 1 unspecified atom stereocenters.